The van der Waals surface area contributed by atoms with E-state index in [4.69, 9.17) is 4.74 Å². The minimum absolute atomic E-state index is 0.189. The summed E-state index contributed by atoms with van der Waals surface area (Å²) in [4.78, 5) is 11.8. The summed E-state index contributed by atoms with van der Waals surface area (Å²) in [6, 6.07) is 6.21. The van der Waals surface area contributed by atoms with Crippen LogP contribution in [-0.4, -0.2) is 13.1 Å². The Morgan fingerprint density at radius 3 is 2.50 bits per heavy atom. The number of rotatable bonds is 3. The van der Waals surface area contributed by atoms with E-state index in [1.165, 1.54) is 18.2 Å². The lowest BCUT2D eigenvalue weighted by atomic mass is 9.80. The molecule has 0 spiro atoms. The van der Waals surface area contributed by atoms with Gasteiger partial charge < -0.3 is 4.74 Å². The smallest absolute Gasteiger partial charge is 0.315 e. The van der Waals surface area contributed by atoms with Crippen LogP contribution in [-0.2, 0) is 21.4 Å². The lowest BCUT2D eigenvalue weighted by Gasteiger charge is -2.25. The Morgan fingerprint density at radius 2 is 2.00 bits per heavy atom. The van der Waals surface area contributed by atoms with Crippen molar-refractivity contribution in [2.75, 3.05) is 7.11 Å². The number of hydrogen-bond acceptors (Lipinski definition) is 2. The summed E-state index contributed by atoms with van der Waals surface area (Å²) in [6.07, 6.45) is 0.928. The zero-order chi connectivity index (χ0) is 12.3. The van der Waals surface area contributed by atoms with Gasteiger partial charge in [-0.3, -0.25) is 4.79 Å². The standard InChI is InChI=1S/C14H20O2/c1-6-11-9-10(2)7-8-12(11)14(3,4)13(15)16-5/h7-9H,6H2,1-5H3. The van der Waals surface area contributed by atoms with Gasteiger partial charge in [0.25, 0.3) is 0 Å². The number of methoxy groups -OCH3 is 1. The molecule has 0 saturated carbocycles. The van der Waals surface area contributed by atoms with E-state index in [1.54, 1.807) is 0 Å². The van der Waals surface area contributed by atoms with Crippen molar-refractivity contribution in [3.8, 4) is 0 Å². The number of esters is 1. The van der Waals surface area contributed by atoms with Crippen molar-refractivity contribution >= 4 is 5.97 Å². The first kappa shape index (κ1) is 12.8. The highest BCUT2D eigenvalue weighted by atomic mass is 16.5. The van der Waals surface area contributed by atoms with Gasteiger partial charge in [0, 0.05) is 0 Å². The van der Waals surface area contributed by atoms with Crippen LogP contribution in [0.1, 0.15) is 37.5 Å². The molecule has 0 aromatic heterocycles. The maximum atomic E-state index is 11.8. The van der Waals surface area contributed by atoms with Crippen LogP contribution in [0.5, 0.6) is 0 Å². The van der Waals surface area contributed by atoms with Gasteiger partial charge in [-0.1, -0.05) is 30.7 Å². The van der Waals surface area contributed by atoms with E-state index in [2.05, 4.69) is 19.9 Å². The SMILES string of the molecule is CCc1cc(C)ccc1C(C)(C)C(=O)OC. The summed E-state index contributed by atoms with van der Waals surface area (Å²) >= 11 is 0. The van der Waals surface area contributed by atoms with Crippen molar-refractivity contribution in [3.05, 3.63) is 34.9 Å². The molecule has 0 aliphatic rings. The minimum atomic E-state index is -0.576. The maximum Gasteiger partial charge on any atom is 0.315 e. The molecule has 88 valence electrons. The molecule has 0 N–H and O–H groups in total. The highest BCUT2D eigenvalue weighted by molar-refractivity contribution is 5.82. The normalized spacial score (nSPS) is 11.3. The molecule has 1 aromatic rings. The van der Waals surface area contributed by atoms with Gasteiger partial charge in [0.2, 0.25) is 0 Å². The molecule has 0 saturated heterocycles. The first-order valence-corrected chi connectivity index (χ1v) is 5.62. The number of hydrogen-bond donors (Lipinski definition) is 0. The topological polar surface area (TPSA) is 26.3 Å². The predicted octanol–water partition coefficient (Wildman–Crippen LogP) is 3.01. The van der Waals surface area contributed by atoms with Crippen LogP contribution in [0.3, 0.4) is 0 Å². The van der Waals surface area contributed by atoms with Crippen molar-refractivity contribution < 1.29 is 9.53 Å². The Labute approximate surface area is 97.6 Å². The molecule has 2 heteroatoms. The van der Waals surface area contributed by atoms with Gasteiger partial charge in [0.15, 0.2) is 0 Å². The molecule has 2 nitrogen and oxygen atoms in total. The fourth-order valence-corrected chi connectivity index (χ4v) is 1.99. The second-order valence-corrected chi connectivity index (χ2v) is 4.63. The van der Waals surface area contributed by atoms with Gasteiger partial charge in [-0.25, -0.2) is 0 Å². The van der Waals surface area contributed by atoms with E-state index < -0.39 is 5.41 Å². The van der Waals surface area contributed by atoms with Crippen LogP contribution in [0.15, 0.2) is 18.2 Å². The van der Waals surface area contributed by atoms with Crippen LogP contribution in [0.2, 0.25) is 0 Å². The Morgan fingerprint density at radius 1 is 1.38 bits per heavy atom. The van der Waals surface area contributed by atoms with Gasteiger partial charge in [-0.15, -0.1) is 0 Å². The molecule has 0 radical (unpaired) electrons. The number of ether oxygens (including phenoxy) is 1. The van der Waals surface area contributed by atoms with Crippen molar-refractivity contribution in [1.82, 2.24) is 0 Å². The molecule has 0 atom stereocenters. The summed E-state index contributed by atoms with van der Waals surface area (Å²) in [5.74, 6) is -0.189. The quantitative estimate of drug-likeness (QED) is 0.732. The summed E-state index contributed by atoms with van der Waals surface area (Å²) in [7, 11) is 1.43. The Kier molecular flexibility index (Phi) is 3.74. The second kappa shape index (κ2) is 4.69. The van der Waals surface area contributed by atoms with E-state index in [1.807, 2.05) is 26.0 Å². The third-order valence-corrected chi connectivity index (χ3v) is 3.01. The van der Waals surface area contributed by atoms with E-state index in [-0.39, 0.29) is 5.97 Å². The van der Waals surface area contributed by atoms with Crippen molar-refractivity contribution in [1.29, 1.82) is 0 Å². The fraction of sp³-hybridized carbons (Fsp3) is 0.500. The zero-order valence-corrected chi connectivity index (χ0v) is 10.8. The lowest BCUT2D eigenvalue weighted by Crippen LogP contribution is -2.31. The monoisotopic (exact) mass is 220 g/mol. The minimum Gasteiger partial charge on any atom is -0.468 e. The molecule has 0 amide bonds. The van der Waals surface area contributed by atoms with Gasteiger partial charge in [-0.2, -0.15) is 0 Å². The van der Waals surface area contributed by atoms with Crippen LogP contribution >= 0.6 is 0 Å². The average Bonchev–Trinajstić information content (AvgIpc) is 2.27. The van der Waals surface area contributed by atoms with E-state index in [9.17, 15) is 4.79 Å². The second-order valence-electron chi connectivity index (χ2n) is 4.63. The van der Waals surface area contributed by atoms with Gasteiger partial charge in [0.05, 0.1) is 12.5 Å². The predicted molar refractivity (Wildman–Crippen MR) is 65.6 cm³/mol. The molecule has 1 aromatic carbocycles. The zero-order valence-electron chi connectivity index (χ0n) is 10.8. The molecular formula is C14H20O2. The first-order chi connectivity index (χ1) is 7.43. The van der Waals surface area contributed by atoms with Crippen molar-refractivity contribution in [2.24, 2.45) is 0 Å². The lowest BCUT2D eigenvalue weighted by molar-refractivity contribution is -0.146. The van der Waals surface area contributed by atoms with Crippen LogP contribution in [0.4, 0.5) is 0 Å². The fourth-order valence-electron chi connectivity index (χ4n) is 1.99. The number of carbonyl (C=O) groups excluding carboxylic acids is 1. The Bertz CT molecular complexity index is 392. The summed E-state index contributed by atoms with van der Waals surface area (Å²) in [5.41, 5.74) is 2.93. The van der Waals surface area contributed by atoms with Gasteiger partial charge in [-0.05, 0) is 38.3 Å². The third kappa shape index (κ3) is 2.26. The molecule has 16 heavy (non-hydrogen) atoms. The largest absolute Gasteiger partial charge is 0.468 e. The van der Waals surface area contributed by atoms with Crippen molar-refractivity contribution in [3.63, 3.8) is 0 Å². The number of benzene rings is 1. The van der Waals surface area contributed by atoms with Crippen LogP contribution in [0, 0.1) is 6.92 Å². The van der Waals surface area contributed by atoms with Crippen molar-refractivity contribution in [2.45, 2.75) is 39.5 Å². The summed E-state index contributed by atoms with van der Waals surface area (Å²) in [6.45, 7) is 7.98. The van der Waals surface area contributed by atoms with E-state index >= 15 is 0 Å². The highest BCUT2D eigenvalue weighted by Gasteiger charge is 2.32. The molecular weight excluding hydrogens is 200 g/mol. The van der Waals surface area contributed by atoms with E-state index in [0.717, 1.165) is 12.0 Å². The average molecular weight is 220 g/mol. The molecule has 1 rings (SSSR count). The molecule has 0 heterocycles. The molecule has 0 aliphatic heterocycles. The third-order valence-electron chi connectivity index (χ3n) is 3.01. The molecule has 0 fully saturated rings. The molecule has 0 unspecified atom stereocenters. The highest BCUT2D eigenvalue weighted by Crippen LogP contribution is 2.28. The Balaban J connectivity index is 3.26. The maximum absolute atomic E-state index is 11.8. The molecule has 0 bridgehead atoms. The number of aryl methyl sites for hydroxylation is 2. The van der Waals surface area contributed by atoms with E-state index in [0.29, 0.717) is 0 Å². The van der Waals surface area contributed by atoms with Crippen LogP contribution < -0.4 is 0 Å². The van der Waals surface area contributed by atoms with Crippen LogP contribution in [0.25, 0.3) is 0 Å². The van der Waals surface area contributed by atoms with Gasteiger partial charge >= 0.3 is 5.97 Å². The summed E-state index contributed by atoms with van der Waals surface area (Å²) < 4.78 is 4.86. The first-order valence-electron chi connectivity index (χ1n) is 5.62. The molecule has 0 aliphatic carbocycles. The summed E-state index contributed by atoms with van der Waals surface area (Å²) in [5, 5.41) is 0. The van der Waals surface area contributed by atoms with Gasteiger partial charge in [0.1, 0.15) is 0 Å². The Hall–Kier alpha value is -1.31. The number of carbonyl (C=O) groups is 1.